The summed E-state index contributed by atoms with van der Waals surface area (Å²) in [5.74, 6) is 0.948. The Hall–Kier alpha value is -1.13. The largest absolute Gasteiger partial charge is 0.497 e. The standard InChI is InChI=1S/C12H17NO2S/c1-9(12(13)16)7-15-8-10-4-3-5-11(6-10)14-2/h3-6,9H,7-8H2,1-2H3,(H2,13,16). The van der Waals surface area contributed by atoms with Gasteiger partial charge in [0.1, 0.15) is 5.75 Å². The van der Waals surface area contributed by atoms with E-state index in [1.54, 1.807) is 7.11 Å². The molecule has 0 saturated heterocycles. The third kappa shape index (κ3) is 4.16. The number of nitrogens with two attached hydrogens (primary N) is 1. The summed E-state index contributed by atoms with van der Waals surface area (Å²) in [5.41, 5.74) is 6.57. The SMILES string of the molecule is COc1cccc(COCC(C)C(N)=S)c1. The lowest BCUT2D eigenvalue weighted by Crippen LogP contribution is -2.22. The minimum atomic E-state index is 0.112. The Kier molecular flexibility index (Phi) is 5.22. The molecule has 0 radical (unpaired) electrons. The number of ether oxygens (including phenoxy) is 2. The number of thiocarbonyl (C=S) groups is 1. The summed E-state index contributed by atoms with van der Waals surface area (Å²) in [6, 6.07) is 7.79. The van der Waals surface area contributed by atoms with Crippen LogP contribution in [0.3, 0.4) is 0 Å². The zero-order chi connectivity index (χ0) is 12.0. The van der Waals surface area contributed by atoms with Gasteiger partial charge in [0.05, 0.1) is 25.3 Å². The van der Waals surface area contributed by atoms with E-state index in [-0.39, 0.29) is 5.92 Å². The molecule has 1 rings (SSSR count). The van der Waals surface area contributed by atoms with Gasteiger partial charge in [0.25, 0.3) is 0 Å². The van der Waals surface area contributed by atoms with Crippen molar-refractivity contribution >= 4 is 17.2 Å². The van der Waals surface area contributed by atoms with Crippen molar-refractivity contribution < 1.29 is 9.47 Å². The van der Waals surface area contributed by atoms with Crippen LogP contribution in [0, 0.1) is 5.92 Å². The van der Waals surface area contributed by atoms with Crippen LogP contribution in [0.15, 0.2) is 24.3 Å². The summed E-state index contributed by atoms with van der Waals surface area (Å²) in [6.45, 7) is 3.05. The van der Waals surface area contributed by atoms with Crippen molar-refractivity contribution in [3.05, 3.63) is 29.8 Å². The van der Waals surface area contributed by atoms with Gasteiger partial charge in [0, 0.05) is 5.92 Å². The molecule has 0 fully saturated rings. The van der Waals surface area contributed by atoms with E-state index in [2.05, 4.69) is 0 Å². The number of methoxy groups -OCH3 is 1. The summed E-state index contributed by atoms with van der Waals surface area (Å²) in [7, 11) is 1.65. The highest BCUT2D eigenvalue weighted by Gasteiger charge is 2.05. The summed E-state index contributed by atoms with van der Waals surface area (Å²) in [6.07, 6.45) is 0. The van der Waals surface area contributed by atoms with E-state index < -0.39 is 0 Å². The Balaban J connectivity index is 2.39. The number of rotatable bonds is 6. The highest BCUT2D eigenvalue weighted by Crippen LogP contribution is 2.13. The number of hydrogen-bond acceptors (Lipinski definition) is 3. The van der Waals surface area contributed by atoms with Crippen molar-refractivity contribution in [3.8, 4) is 5.75 Å². The fourth-order valence-corrected chi connectivity index (χ4v) is 1.27. The normalized spacial score (nSPS) is 12.1. The average Bonchev–Trinajstić information content (AvgIpc) is 2.29. The van der Waals surface area contributed by atoms with Crippen LogP contribution >= 0.6 is 12.2 Å². The van der Waals surface area contributed by atoms with Gasteiger partial charge >= 0.3 is 0 Å². The molecule has 88 valence electrons. The maximum Gasteiger partial charge on any atom is 0.119 e. The summed E-state index contributed by atoms with van der Waals surface area (Å²) < 4.78 is 10.6. The molecule has 16 heavy (non-hydrogen) atoms. The zero-order valence-electron chi connectivity index (χ0n) is 9.60. The Bertz CT molecular complexity index is 355. The molecule has 1 unspecified atom stereocenters. The van der Waals surface area contributed by atoms with Gasteiger partial charge in [-0.1, -0.05) is 31.3 Å². The van der Waals surface area contributed by atoms with E-state index in [1.165, 1.54) is 0 Å². The number of hydrogen-bond donors (Lipinski definition) is 1. The van der Waals surface area contributed by atoms with E-state index in [0.29, 0.717) is 18.2 Å². The quantitative estimate of drug-likeness (QED) is 0.772. The van der Waals surface area contributed by atoms with Crippen molar-refractivity contribution in [1.29, 1.82) is 0 Å². The first kappa shape index (κ1) is 12.9. The molecule has 4 heteroatoms. The van der Waals surface area contributed by atoms with Gasteiger partial charge in [-0.25, -0.2) is 0 Å². The van der Waals surface area contributed by atoms with Gasteiger partial charge < -0.3 is 15.2 Å². The predicted molar refractivity (Wildman–Crippen MR) is 68.6 cm³/mol. The maximum atomic E-state index is 5.52. The maximum absolute atomic E-state index is 5.52. The van der Waals surface area contributed by atoms with Crippen LogP contribution in [0.2, 0.25) is 0 Å². The van der Waals surface area contributed by atoms with Crippen LogP contribution in [0.4, 0.5) is 0 Å². The number of benzene rings is 1. The van der Waals surface area contributed by atoms with Gasteiger partial charge in [-0.05, 0) is 17.7 Å². The average molecular weight is 239 g/mol. The van der Waals surface area contributed by atoms with Crippen molar-refractivity contribution in [2.75, 3.05) is 13.7 Å². The molecule has 1 aromatic rings. The molecule has 0 amide bonds. The van der Waals surface area contributed by atoms with Crippen LogP contribution in [0.1, 0.15) is 12.5 Å². The molecule has 0 bridgehead atoms. The molecule has 0 spiro atoms. The Morgan fingerprint density at radius 3 is 2.88 bits per heavy atom. The molecule has 1 atom stereocenters. The molecule has 0 aliphatic carbocycles. The molecule has 0 saturated carbocycles. The first-order chi connectivity index (χ1) is 7.63. The molecule has 0 aliphatic rings. The van der Waals surface area contributed by atoms with Gasteiger partial charge in [0.15, 0.2) is 0 Å². The minimum absolute atomic E-state index is 0.112. The van der Waals surface area contributed by atoms with Gasteiger partial charge in [-0.2, -0.15) is 0 Å². The van der Waals surface area contributed by atoms with E-state index >= 15 is 0 Å². The van der Waals surface area contributed by atoms with E-state index in [4.69, 9.17) is 27.4 Å². The molecule has 0 aromatic heterocycles. The lowest BCUT2D eigenvalue weighted by molar-refractivity contribution is 0.108. The fourth-order valence-electron chi connectivity index (χ4n) is 1.20. The highest BCUT2D eigenvalue weighted by molar-refractivity contribution is 7.80. The Labute approximate surface area is 102 Å². The van der Waals surface area contributed by atoms with E-state index in [1.807, 2.05) is 31.2 Å². The first-order valence-corrected chi connectivity index (χ1v) is 5.54. The molecular weight excluding hydrogens is 222 g/mol. The third-order valence-corrected chi connectivity index (χ3v) is 2.66. The highest BCUT2D eigenvalue weighted by atomic mass is 32.1. The lowest BCUT2D eigenvalue weighted by Gasteiger charge is -2.10. The summed E-state index contributed by atoms with van der Waals surface area (Å²) in [4.78, 5) is 0.491. The monoisotopic (exact) mass is 239 g/mol. The lowest BCUT2D eigenvalue weighted by atomic mass is 10.2. The molecular formula is C12H17NO2S. The summed E-state index contributed by atoms with van der Waals surface area (Å²) >= 11 is 4.87. The van der Waals surface area contributed by atoms with Crippen LogP contribution in [-0.2, 0) is 11.3 Å². The third-order valence-electron chi connectivity index (χ3n) is 2.26. The first-order valence-electron chi connectivity index (χ1n) is 5.13. The predicted octanol–water partition coefficient (Wildman–Crippen LogP) is 2.13. The fraction of sp³-hybridized carbons (Fsp3) is 0.417. The van der Waals surface area contributed by atoms with Crippen LogP contribution in [0.5, 0.6) is 5.75 Å². The van der Waals surface area contributed by atoms with Crippen LogP contribution in [0.25, 0.3) is 0 Å². The van der Waals surface area contributed by atoms with Gasteiger partial charge in [-0.3, -0.25) is 0 Å². The van der Waals surface area contributed by atoms with Gasteiger partial charge in [-0.15, -0.1) is 0 Å². The molecule has 2 N–H and O–H groups in total. The second kappa shape index (κ2) is 6.45. The topological polar surface area (TPSA) is 44.5 Å². The van der Waals surface area contributed by atoms with E-state index in [9.17, 15) is 0 Å². The summed E-state index contributed by atoms with van der Waals surface area (Å²) in [5, 5.41) is 0. The Morgan fingerprint density at radius 2 is 2.25 bits per heavy atom. The Morgan fingerprint density at radius 1 is 1.50 bits per heavy atom. The van der Waals surface area contributed by atoms with Crippen LogP contribution < -0.4 is 10.5 Å². The second-order valence-corrected chi connectivity index (χ2v) is 4.14. The molecule has 1 aromatic carbocycles. The van der Waals surface area contributed by atoms with Gasteiger partial charge in [0.2, 0.25) is 0 Å². The minimum Gasteiger partial charge on any atom is -0.497 e. The second-order valence-electron chi connectivity index (χ2n) is 3.67. The van der Waals surface area contributed by atoms with Crippen LogP contribution in [-0.4, -0.2) is 18.7 Å². The van der Waals surface area contributed by atoms with Crippen molar-refractivity contribution in [3.63, 3.8) is 0 Å². The van der Waals surface area contributed by atoms with E-state index in [0.717, 1.165) is 11.3 Å². The molecule has 0 heterocycles. The smallest absolute Gasteiger partial charge is 0.119 e. The molecule has 3 nitrogen and oxygen atoms in total. The van der Waals surface area contributed by atoms with Crippen molar-refractivity contribution in [1.82, 2.24) is 0 Å². The van der Waals surface area contributed by atoms with Crippen molar-refractivity contribution in [2.45, 2.75) is 13.5 Å². The zero-order valence-corrected chi connectivity index (χ0v) is 10.4. The molecule has 0 aliphatic heterocycles. The van der Waals surface area contributed by atoms with Crippen molar-refractivity contribution in [2.24, 2.45) is 11.7 Å².